The SMILES string of the molecule is CNC(=O)c1cc(C)ccc1C. The molecule has 2 nitrogen and oxygen atoms in total. The largest absolute Gasteiger partial charge is 0.355 e. The first-order valence-corrected chi connectivity index (χ1v) is 3.94. The van der Waals surface area contributed by atoms with E-state index in [4.69, 9.17) is 0 Å². The van der Waals surface area contributed by atoms with Crippen molar-refractivity contribution in [2.75, 3.05) is 7.05 Å². The molecule has 0 unspecified atom stereocenters. The van der Waals surface area contributed by atoms with Gasteiger partial charge in [-0.05, 0) is 25.5 Å². The lowest BCUT2D eigenvalue weighted by molar-refractivity contribution is 0.0962. The standard InChI is InChI=1S/C10H13NO/c1-7-4-5-8(2)9(6-7)10(12)11-3/h4-6H,1-3H3,(H,11,12). The van der Waals surface area contributed by atoms with Crippen molar-refractivity contribution in [2.45, 2.75) is 13.8 Å². The summed E-state index contributed by atoms with van der Waals surface area (Å²) in [7, 11) is 1.64. The predicted molar refractivity (Wildman–Crippen MR) is 49.3 cm³/mol. The third-order valence-corrected chi connectivity index (χ3v) is 1.86. The molecule has 2 heteroatoms. The monoisotopic (exact) mass is 163 g/mol. The number of aryl methyl sites for hydroxylation is 2. The molecule has 64 valence electrons. The van der Waals surface area contributed by atoms with E-state index in [1.165, 1.54) is 0 Å². The van der Waals surface area contributed by atoms with E-state index in [-0.39, 0.29) is 5.91 Å². The number of hydrogen-bond donors (Lipinski definition) is 1. The normalized spacial score (nSPS) is 9.58. The fourth-order valence-electron chi connectivity index (χ4n) is 1.12. The molecule has 0 spiro atoms. The topological polar surface area (TPSA) is 29.1 Å². The second-order valence-corrected chi connectivity index (χ2v) is 2.90. The summed E-state index contributed by atoms with van der Waals surface area (Å²) in [5.41, 5.74) is 2.89. The van der Waals surface area contributed by atoms with E-state index in [0.717, 1.165) is 16.7 Å². The Morgan fingerprint density at radius 3 is 2.58 bits per heavy atom. The van der Waals surface area contributed by atoms with Crippen molar-refractivity contribution in [1.29, 1.82) is 0 Å². The molecular weight excluding hydrogens is 150 g/mol. The highest BCUT2D eigenvalue weighted by Crippen LogP contribution is 2.09. The minimum Gasteiger partial charge on any atom is -0.355 e. The summed E-state index contributed by atoms with van der Waals surface area (Å²) in [5, 5.41) is 2.61. The van der Waals surface area contributed by atoms with Crippen LogP contribution < -0.4 is 5.32 Å². The Morgan fingerprint density at radius 1 is 1.33 bits per heavy atom. The molecule has 0 radical (unpaired) electrons. The second-order valence-electron chi connectivity index (χ2n) is 2.90. The zero-order valence-corrected chi connectivity index (χ0v) is 7.64. The van der Waals surface area contributed by atoms with Gasteiger partial charge < -0.3 is 5.32 Å². The third kappa shape index (κ3) is 1.64. The summed E-state index contributed by atoms with van der Waals surface area (Å²) >= 11 is 0. The van der Waals surface area contributed by atoms with E-state index in [1.54, 1.807) is 7.05 Å². The molecule has 0 saturated carbocycles. The van der Waals surface area contributed by atoms with E-state index in [9.17, 15) is 4.79 Å². The second kappa shape index (κ2) is 3.39. The molecule has 1 N–H and O–H groups in total. The van der Waals surface area contributed by atoms with Crippen LogP contribution in [0, 0.1) is 13.8 Å². The number of carbonyl (C=O) groups excluding carboxylic acids is 1. The van der Waals surface area contributed by atoms with Gasteiger partial charge in [-0.1, -0.05) is 17.7 Å². The molecule has 1 aromatic rings. The van der Waals surface area contributed by atoms with Crippen LogP contribution in [0.25, 0.3) is 0 Å². The molecule has 0 saturated heterocycles. The van der Waals surface area contributed by atoms with Gasteiger partial charge in [0.25, 0.3) is 5.91 Å². The lowest BCUT2D eigenvalue weighted by Gasteiger charge is -2.04. The third-order valence-electron chi connectivity index (χ3n) is 1.86. The number of rotatable bonds is 1. The van der Waals surface area contributed by atoms with Crippen LogP contribution in [-0.4, -0.2) is 13.0 Å². The highest BCUT2D eigenvalue weighted by molar-refractivity contribution is 5.95. The van der Waals surface area contributed by atoms with E-state index < -0.39 is 0 Å². The molecule has 0 aromatic heterocycles. The van der Waals surface area contributed by atoms with Gasteiger partial charge >= 0.3 is 0 Å². The Morgan fingerprint density at radius 2 is 2.00 bits per heavy atom. The van der Waals surface area contributed by atoms with Gasteiger partial charge in [0, 0.05) is 12.6 Å². The van der Waals surface area contributed by atoms with Gasteiger partial charge in [0.2, 0.25) is 0 Å². The minimum atomic E-state index is -0.0174. The number of benzene rings is 1. The average Bonchev–Trinajstić information content (AvgIpc) is 2.08. The highest BCUT2D eigenvalue weighted by atomic mass is 16.1. The molecule has 1 amide bonds. The van der Waals surface area contributed by atoms with E-state index in [0.29, 0.717) is 0 Å². The maximum Gasteiger partial charge on any atom is 0.251 e. The highest BCUT2D eigenvalue weighted by Gasteiger charge is 2.05. The minimum absolute atomic E-state index is 0.0174. The number of carbonyl (C=O) groups is 1. The lowest BCUT2D eigenvalue weighted by atomic mass is 10.1. The molecular formula is C10H13NO. The van der Waals surface area contributed by atoms with Crippen LogP contribution >= 0.6 is 0 Å². The van der Waals surface area contributed by atoms with Gasteiger partial charge in [-0.3, -0.25) is 4.79 Å². The number of hydrogen-bond acceptors (Lipinski definition) is 1. The van der Waals surface area contributed by atoms with Crippen molar-refractivity contribution in [3.8, 4) is 0 Å². The summed E-state index contributed by atoms with van der Waals surface area (Å²) < 4.78 is 0. The van der Waals surface area contributed by atoms with Crippen LogP contribution in [0.1, 0.15) is 21.5 Å². The molecule has 0 atom stereocenters. The molecule has 0 fully saturated rings. The van der Waals surface area contributed by atoms with Crippen LogP contribution in [0.4, 0.5) is 0 Å². The van der Waals surface area contributed by atoms with Crippen molar-refractivity contribution < 1.29 is 4.79 Å². The Bertz CT molecular complexity index is 305. The van der Waals surface area contributed by atoms with Crippen LogP contribution in [-0.2, 0) is 0 Å². The summed E-state index contributed by atoms with van der Waals surface area (Å²) in [6.07, 6.45) is 0. The Labute approximate surface area is 72.6 Å². The van der Waals surface area contributed by atoms with E-state index in [1.807, 2.05) is 32.0 Å². The Kier molecular flexibility index (Phi) is 2.48. The summed E-state index contributed by atoms with van der Waals surface area (Å²) in [5.74, 6) is -0.0174. The van der Waals surface area contributed by atoms with Crippen molar-refractivity contribution in [3.63, 3.8) is 0 Å². The van der Waals surface area contributed by atoms with Gasteiger partial charge in [0.15, 0.2) is 0 Å². The average molecular weight is 163 g/mol. The molecule has 0 heterocycles. The van der Waals surface area contributed by atoms with Crippen LogP contribution in [0.2, 0.25) is 0 Å². The molecule has 12 heavy (non-hydrogen) atoms. The predicted octanol–water partition coefficient (Wildman–Crippen LogP) is 1.66. The molecule has 0 bridgehead atoms. The summed E-state index contributed by atoms with van der Waals surface area (Å²) in [6.45, 7) is 3.91. The molecule has 1 rings (SSSR count). The van der Waals surface area contributed by atoms with Gasteiger partial charge in [0.1, 0.15) is 0 Å². The van der Waals surface area contributed by atoms with Crippen LogP contribution in [0.15, 0.2) is 18.2 Å². The fourth-order valence-corrected chi connectivity index (χ4v) is 1.12. The summed E-state index contributed by atoms with van der Waals surface area (Å²) in [6, 6.07) is 5.86. The van der Waals surface area contributed by atoms with Gasteiger partial charge in [-0.2, -0.15) is 0 Å². The van der Waals surface area contributed by atoms with Gasteiger partial charge in [-0.15, -0.1) is 0 Å². The van der Waals surface area contributed by atoms with Gasteiger partial charge in [0.05, 0.1) is 0 Å². The first-order valence-electron chi connectivity index (χ1n) is 3.94. The molecule has 0 aliphatic heterocycles. The molecule has 1 aromatic carbocycles. The first-order chi connectivity index (χ1) is 5.65. The molecule has 0 aliphatic carbocycles. The molecule has 0 aliphatic rings. The Balaban J connectivity index is 3.13. The van der Waals surface area contributed by atoms with Crippen molar-refractivity contribution >= 4 is 5.91 Å². The fraction of sp³-hybridized carbons (Fsp3) is 0.300. The Hall–Kier alpha value is -1.31. The van der Waals surface area contributed by atoms with Crippen molar-refractivity contribution in [3.05, 3.63) is 34.9 Å². The van der Waals surface area contributed by atoms with E-state index in [2.05, 4.69) is 5.32 Å². The van der Waals surface area contributed by atoms with Gasteiger partial charge in [-0.25, -0.2) is 0 Å². The zero-order valence-electron chi connectivity index (χ0n) is 7.64. The number of amides is 1. The lowest BCUT2D eigenvalue weighted by Crippen LogP contribution is -2.18. The van der Waals surface area contributed by atoms with Crippen LogP contribution in [0.5, 0.6) is 0 Å². The van der Waals surface area contributed by atoms with Crippen molar-refractivity contribution in [2.24, 2.45) is 0 Å². The van der Waals surface area contributed by atoms with E-state index >= 15 is 0 Å². The maximum atomic E-state index is 11.3. The zero-order chi connectivity index (χ0) is 9.14. The maximum absolute atomic E-state index is 11.3. The first kappa shape index (κ1) is 8.78. The van der Waals surface area contributed by atoms with Crippen molar-refractivity contribution in [1.82, 2.24) is 5.32 Å². The van der Waals surface area contributed by atoms with Crippen LogP contribution in [0.3, 0.4) is 0 Å². The smallest absolute Gasteiger partial charge is 0.251 e. The quantitative estimate of drug-likeness (QED) is 0.670. The number of nitrogens with one attached hydrogen (secondary N) is 1. The summed E-state index contributed by atoms with van der Waals surface area (Å²) in [4.78, 5) is 11.3.